The van der Waals surface area contributed by atoms with Gasteiger partial charge in [-0.1, -0.05) is 18.2 Å². The van der Waals surface area contributed by atoms with Crippen LogP contribution < -0.4 is 0 Å². The van der Waals surface area contributed by atoms with Gasteiger partial charge in [0.15, 0.2) is 5.78 Å². The molecule has 1 aliphatic carbocycles. The van der Waals surface area contributed by atoms with E-state index in [-0.39, 0.29) is 0 Å². The van der Waals surface area contributed by atoms with Gasteiger partial charge in [-0.3, -0.25) is 4.79 Å². The Hall–Kier alpha value is -0.680. The van der Waals surface area contributed by atoms with Crippen LogP contribution in [-0.2, 0) is 0 Å². The normalized spacial score (nSPS) is 14.9. The highest BCUT2D eigenvalue weighted by molar-refractivity contribution is 14.1. The quantitative estimate of drug-likeness (QED) is 0.581. The number of hydrogen-bond acceptors (Lipinski definition) is 2. The highest BCUT2D eigenvalue weighted by atomic mass is 127. The number of Topliss-reactive ketones (excluding diaryl/α,β-unsaturated/α-hetero) is 1. The van der Waals surface area contributed by atoms with Gasteiger partial charge in [-0.15, -0.1) is 11.3 Å². The van der Waals surface area contributed by atoms with Gasteiger partial charge >= 0.3 is 0 Å². The molecule has 17 heavy (non-hydrogen) atoms. The third-order valence-corrected chi connectivity index (χ3v) is 5.01. The maximum absolute atomic E-state index is 11.9. The molecule has 0 atom stereocenters. The smallest absolute Gasteiger partial charge is 0.175 e. The molecule has 0 bridgehead atoms. The van der Waals surface area contributed by atoms with Crippen molar-refractivity contribution in [1.82, 2.24) is 0 Å². The monoisotopic (exact) mass is 354 g/mol. The van der Waals surface area contributed by atoms with E-state index < -0.39 is 0 Å². The second kappa shape index (κ2) is 4.53. The van der Waals surface area contributed by atoms with Crippen molar-refractivity contribution in [3.05, 3.63) is 44.8 Å². The number of thiophene rings is 1. The van der Waals surface area contributed by atoms with Gasteiger partial charge in [-0.05, 0) is 53.6 Å². The van der Waals surface area contributed by atoms with Crippen LogP contribution in [0, 0.1) is 9.49 Å². The standard InChI is InChI=1S/C14H11IOS/c15-11-4-2-1-3-10(11)12-7-8-13(17-12)14(16)9-5-6-9/h1-4,7-9H,5-6H2. The van der Waals surface area contributed by atoms with E-state index in [2.05, 4.69) is 40.8 Å². The Balaban J connectivity index is 1.94. The van der Waals surface area contributed by atoms with Crippen molar-refractivity contribution in [3.63, 3.8) is 0 Å². The zero-order valence-electron chi connectivity index (χ0n) is 9.15. The van der Waals surface area contributed by atoms with Gasteiger partial charge in [-0.2, -0.15) is 0 Å². The summed E-state index contributed by atoms with van der Waals surface area (Å²) >= 11 is 3.96. The first-order chi connectivity index (χ1) is 8.25. The van der Waals surface area contributed by atoms with Crippen molar-refractivity contribution in [2.45, 2.75) is 12.8 Å². The van der Waals surface area contributed by atoms with E-state index in [0.29, 0.717) is 11.7 Å². The van der Waals surface area contributed by atoms with Crippen molar-refractivity contribution in [2.75, 3.05) is 0 Å². The van der Waals surface area contributed by atoms with Crippen LogP contribution in [0.3, 0.4) is 0 Å². The minimum absolute atomic E-state index is 0.316. The van der Waals surface area contributed by atoms with Gasteiger partial charge in [0.2, 0.25) is 0 Å². The fourth-order valence-electron chi connectivity index (χ4n) is 1.82. The molecule has 1 aromatic heterocycles. The molecule has 1 fully saturated rings. The number of ketones is 1. The lowest BCUT2D eigenvalue weighted by molar-refractivity contribution is 0.0971. The lowest BCUT2D eigenvalue weighted by Gasteiger charge is -1.99. The molecule has 1 saturated carbocycles. The predicted octanol–water partition coefficient (Wildman–Crippen LogP) is 4.61. The fourth-order valence-corrected chi connectivity index (χ4v) is 3.75. The molecular formula is C14H11IOS. The first-order valence-electron chi connectivity index (χ1n) is 5.64. The van der Waals surface area contributed by atoms with E-state index in [4.69, 9.17) is 0 Å². The van der Waals surface area contributed by atoms with Crippen LogP contribution in [0.5, 0.6) is 0 Å². The SMILES string of the molecule is O=C(c1ccc(-c2ccccc2I)s1)C1CC1. The number of rotatable bonds is 3. The predicted molar refractivity (Wildman–Crippen MR) is 79.5 cm³/mol. The first kappa shape index (κ1) is 11.4. The molecule has 1 aliphatic rings. The minimum atomic E-state index is 0.316. The summed E-state index contributed by atoms with van der Waals surface area (Å²) < 4.78 is 1.23. The van der Waals surface area contributed by atoms with Crippen LogP contribution in [0.1, 0.15) is 22.5 Å². The molecule has 2 aromatic rings. The fraction of sp³-hybridized carbons (Fsp3) is 0.214. The summed E-state index contributed by atoms with van der Waals surface area (Å²) in [4.78, 5) is 14.1. The zero-order valence-corrected chi connectivity index (χ0v) is 12.1. The van der Waals surface area contributed by atoms with Gasteiger partial charge in [0.25, 0.3) is 0 Å². The zero-order chi connectivity index (χ0) is 11.8. The van der Waals surface area contributed by atoms with E-state index in [1.54, 1.807) is 11.3 Å². The molecule has 1 nitrogen and oxygen atoms in total. The molecule has 86 valence electrons. The van der Waals surface area contributed by atoms with E-state index in [1.807, 2.05) is 18.2 Å². The highest BCUT2D eigenvalue weighted by Crippen LogP contribution is 2.37. The molecule has 1 aromatic carbocycles. The van der Waals surface area contributed by atoms with E-state index >= 15 is 0 Å². The van der Waals surface area contributed by atoms with E-state index in [0.717, 1.165) is 17.7 Å². The van der Waals surface area contributed by atoms with Crippen molar-refractivity contribution in [3.8, 4) is 10.4 Å². The van der Waals surface area contributed by atoms with Crippen molar-refractivity contribution in [1.29, 1.82) is 0 Å². The number of carbonyl (C=O) groups is 1. The van der Waals surface area contributed by atoms with E-state index in [9.17, 15) is 4.79 Å². The van der Waals surface area contributed by atoms with Gasteiger partial charge < -0.3 is 0 Å². The van der Waals surface area contributed by atoms with Crippen LogP contribution in [-0.4, -0.2) is 5.78 Å². The summed E-state index contributed by atoms with van der Waals surface area (Å²) in [6, 6.07) is 12.3. The number of halogens is 1. The second-order valence-corrected chi connectivity index (χ2v) is 6.53. The van der Waals surface area contributed by atoms with Crippen LogP contribution in [0.2, 0.25) is 0 Å². The summed E-state index contributed by atoms with van der Waals surface area (Å²) in [5.74, 6) is 0.656. The molecule has 0 unspecified atom stereocenters. The summed E-state index contributed by atoms with van der Waals surface area (Å²) in [6.45, 7) is 0. The average Bonchev–Trinajstić information content (AvgIpc) is 3.07. The molecule has 1 heterocycles. The Morgan fingerprint density at radius 1 is 1.18 bits per heavy atom. The Labute approximate surface area is 118 Å². The van der Waals surface area contributed by atoms with E-state index in [1.165, 1.54) is 14.0 Å². The molecule has 0 amide bonds. The van der Waals surface area contributed by atoms with Crippen LogP contribution in [0.25, 0.3) is 10.4 Å². The summed E-state index contributed by atoms with van der Waals surface area (Å²) in [5, 5.41) is 0. The number of benzene rings is 1. The number of carbonyl (C=O) groups excluding carboxylic acids is 1. The van der Waals surface area contributed by atoms with Gasteiger partial charge in [-0.25, -0.2) is 0 Å². The van der Waals surface area contributed by atoms with Crippen molar-refractivity contribution < 1.29 is 4.79 Å². The third-order valence-electron chi connectivity index (χ3n) is 2.94. The minimum Gasteiger partial charge on any atom is -0.293 e. The van der Waals surface area contributed by atoms with Crippen LogP contribution >= 0.6 is 33.9 Å². The van der Waals surface area contributed by atoms with Gasteiger partial charge in [0.1, 0.15) is 0 Å². The Bertz CT molecular complexity index is 569. The summed E-state index contributed by atoms with van der Waals surface area (Å²) in [6.07, 6.45) is 2.16. The summed E-state index contributed by atoms with van der Waals surface area (Å²) in [7, 11) is 0. The van der Waals surface area contributed by atoms with Gasteiger partial charge in [0, 0.05) is 19.9 Å². The molecule has 0 aliphatic heterocycles. The Kier molecular flexibility index (Phi) is 3.04. The highest BCUT2D eigenvalue weighted by Gasteiger charge is 2.31. The van der Waals surface area contributed by atoms with Crippen molar-refractivity contribution in [2.24, 2.45) is 5.92 Å². The Morgan fingerprint density at radius 2 is 1.94 bits per heavy atom. The lowest BCUT2D eigenvalue weighted by Crippen LogP contribution is -1.96. The Morgan fingerprint density at radius 3 is 2.65 bits per heavy atom. The maximum atomic E-state index is 11.9. The lowest BCUT2D eigenvalue weighted by atomic mass is 10.2. The molecule has 0 saturated heterocycles. The van der Waals surface area contributed by atoms with Crippen LogP contribution in [0.15, 0.2) is 36.4 Å². The molecule has 0 N–H and O–H groups in total. The van der Waals surface area contributed by atoms with Crippen LogP contribution in [0.4, 0.5) is 0 Å². The second-order valence-electron chi connectivity index (χ2n) is 4.28. The molecule has 3 heteroatoms. The molecule has 0 radical (unpaired) electrons. The molecule has 3 rings (SSSR count). The average molecular weight is 354 g/mol. The summed E-state index contributed by atoms with van der Waals surface area (Å²) in [5.41, 5.74) is 1.23. The molecular weight excluding hydrogens is 343 g/mol. The topological polar surface area (TPSA) is 17.1 Å². The van der Waals surface area contributed by atoms with Gasteiger partial charge in [0.05, 0.1) is 4.88 Å². The molecule has 0 spiro atoms. The largest absolute Gasteiger partial charge is 0.293 e. The van der Waals surface area contributed by atoms with Crippen molar-refractivity contribution >= 4 is 39.7 Å². The first-order valence-corrected chi connectivity index (χ1v) is 7.54. The maximum Gasteiger partial charge on any atom is 0.175 e. The number of hydrogen-bond donors (Lipinski definition) is 0. The third kappa shape index (κ3) is 2.31.